The standard InChI is InChI=1S/C13H18F2N2/c14-12-2-1-11(9-13(12)15)17-8-5-10-3-6-16-7-4-10/h1-2,9-10,16-17H,3-8H2. The van der Waals surface area contributed by atoms with Crippen molar-refractivity contribution in [1.82, 2.24) is 5.32 Å². The SMILES string of the molecule is Fc1ccc(NCCC2CCNCC2)cc1F. The Balaban J connectivity index is 1.75. The van der Waals surface area contributed by atoms with Gasteiger partial charge in [-0.2, -0.15) is 0 Å². The van der Waals surface area contributed by atoms with Crippen molar-refractivity contribution >= 4 is 5.69 Å². The van der Waals surface area contributed by atoms with Crippen molar-refractivity contribution in [2.75, 3.05) is 25.0 Å². The molecule has 0 spiro atoms. The molecule has 0 radical (unpaired) electrons. The summed E-state index contributed by atoms with van der Waals surface area (Å²) in [7, 11) is 0. The molecule has 1 heterocycles. The lowest BCUT2D eigenvalue weighted by Gasteiger charge is -2.22. The lowest BCUT2D eigenvalue weighted by molar-refractivity contribution is 0.361. The molecular weight excluding hydrogens is 222 g/mol. The zero-order valence-electron chi connectivity index (χ0n) is 9.81. The predicted octanol–water partition coefficient (Wildman–Crippen LogP) is 2.77. The van der Waals surface area contributed by atoms with E-state index in [0.717, 1.165) is 38.0 Å². The molecule has 0 unspecified atom stereocenters. The highest BCUT2D eigenvalue weighted by molar-refractivity contribution is 5.43. The number of piperidine rings is 1. The largest absolute Gasteiger partial charge is 0.385 e. The summed E-state index contributed by atoms with van der Waals surface area (Å²) >= 11 is 0. The van der Waals surface area contributed by atoms with E-state index < -0.39 is 11.6 Å². The van der Waals surface area contributed by atoms with Crippen molar-refractivity contribution in [3.8, 4) is 0 Å². The van der Waals surface area contributed by atoms with E-state index in [1.165, 1.54) is 18.9 Å². The van der Waals surface area contributed by atoms with E-state index in [2.05, 4.69) is 10.6 Å². The molecule has 4 heteroatoms. The second-order valence-electron chi connectivity index (χ2n) is 4.54. The lowest BCUT2D eigenvalue weighted by Crippen LogP contribution is -2.28. The van der Waals surface area contributed by atoms with Gasteiger partial charge in [-0.3, -0.25) is 0 Å². The maximum atomic E-state index is 12.9. The molecule has 1 fully saturated rings. The minimum atomic E-state index is -0.797. The van der Waals surface area contributed by atoms with Crippen molar-refractivity contribution in [1.29, 1.82) is 0 Å². The molecule has 0 bridgehead atoms. The zero-order chi connectivity index (χ0) is 12.1. The third-order valence-corrected chi connectivity index (χ3v) is 3.26. The van der Waals surface area contributed by atoms with Crippen molar-refractivity contribution in [2.24, 2.45) is 5.92 Å². The Bertz CT molecular complexity index is 362. The summed E-state index contributed by atoms with van der Waals surface area (Å²) < 4.78 is 25.6. The maximum Gasteiger partial charge on any atom is 0.160 e. The average molecular weight is 240 g/mol. The number of anilines is 1. The zero-order valence-corrected chi connectivity index (χ0v) is 9.81. The van der Waals surface area contributed by atoms with Gasteiger partial charge in [-0.1, -0.05) is 0 Å². The summed E-state index contributed by atoms with van der Waals surface area (Å²) in [5, 5.41) is 6.46. The highest BCUT2D eigenvalue weighted by Gasteiger charge is 2.12. The Morgan fingerprint density at radius 2 is 1.94 bits per heavy atom. The molecule has 17 heavy (non-hydrogen) atoms. The molecule has 0 saturated carbocycles. The minimum absolute atomic E-state index is 0.651. The van der Waals surface area contributed by atoms with E-state index in [-0.39, 0.29) is 0 Å². The molecule has 0 atom stereocenters. The normalized spacial score (nSPS) is 17.1. The van der Waals surface area contributed by atoms with Crippen LogP contribution in [0, 0.1) is 17.6 Å². The topological polar surface area (TPSA) is 24.1 Å². The summed E-state index contributed by atoms with van der Waals surface area (Å²) in [6.45, 7) is 3.00. The van der Waals surface area contributed by atoms with Crippen molar-refractivity contribution in [2.45, 2.75) is 19.3 Å². The van der Waals surface area contributed by atoms with Crippen molar-refractivity contribution in [3.63, 3.8) is 0 Å². The molecule has 1 aliphatic rings. The Kier molecular flexibility index (Phi) is 4.31. The molecule has 1 aromatic rings. The highest BCUT2D eigenvalue weighted by atomic mass is 19.2. The van der Waals surface area contributed by atoms with Gasteiger partial charge in [0.05, 0.1) is 0 Å². The summed E-state index contributed by atoms with van der Waals surface area (Å²) in [5.41, 5.74) is 0.651. The first-order chi connectivity index (χ1) is 8.25. The fourth-order valence-electron chi connectivity index (χ4n) is 2.20. The molecule has 1 aliphatic heterocycles. The monoisotopic (exact) mass is 240 g/mol. The van der Waals surface area contributed by atoms with Crippen molar-refractivity contribution < 1.29 is 8.78 Å². The van der Waals surface area contributed by atoms with E-state index in [1.807, 2.05) is 0 Å². The summed E-state index contributed by atoms with van der Waals surface area (Å²) in [6, 6.07) is 3.93. The van der Waals surface area contributed by atoms with Crippen LogP contribution in [0.5, 0.6) is 0 Å². The summed E-state index contributed by atoms with van der Waals surface area (Å²) in [4.78, 5) is 0. The summed E-state index contributed by atoms with van der Waals surface area (Å²) in [6.07, 6.45) is 3.50. The van der Waals surface area contributed by atoms with E-state index in [9.17, 15) is 8.78 Å². The fourth-order valence-corrected chi connectivity index (χ4v) is 2.20. The van der Waals surface area contributed by atoms with Gasteiger partial charge in [-0.15, -0.1) is 0 Å². The lowest BCUT2D eigenvalue weighted by atomic mass is 9.95. The maximum absolute atomic E-state index is 12.9. The van der Waals surface area contributed by atoms with Crippen LogP contribution in [-0.2, 0) is 0 Å². The first-order valence-electron chi connectivity index (χ1n) is 6.15. The molecule has 94 valence electrons. The van der Waals surface area contributed by atoms with Crippen LogP contribution in [0.3, 0.4) is 0 Å². The van der Waals surface area contributed by atoms with Crippen LogP contribution in [0.1, 0.15) is 19.3 Å². The molecule has 1 saturated heterocycles. The Morgan fingerprint density at radius 1 is 1.18 bits per heavy atom. The van der Waals surface area contributed by atoms with Crippen LogP contribution >= 0.6 is 0 Å². The fraction of sp³-hybridized carbons (Fsp3) is 0.538. The molecule has 2 rings (SSSR count). The third kappa shape index (κ3) is 3.66. The number of nitrogens with one attached hydrogen (secondary N) is 2. The van der Waals surface area contributed by atoms with Gasteiger partial charge >= 0.3 is 0 Å². The molecule has 1 aromatic carbocycles. The van der Waals surface area contributed by atoms with Gasteiger partial charge in [-0.05, 0) is 56.5 Å². The van der Waals surface area contributed by atoms with E-state index in [0.29, 0.717) is 5.69 Å². The van der Waals surface area contributed by atoms with Gasteiger partial charge in [0.15, 0.2) is 11.6 Å². The van der Waals surface area contributed by atoms with Gasteiger partial charge in [0.25, 0.3) is 0 Å². The van der Waals surface area contributed by atoms with Gasteiger partial charge in [0.2, 0.25) is 0 Å². The molecular formula is C13H18F2N2. The number of hydrogen-bond donors (Lipinski definition) is 2. The van der Waals surface area contributed by atoms with Crippen LogP contribution in [0.25, 0.3) is 0 Å². The van der Waals surface area contributed by atoms with E-state index in [4.69, 9.17) is 0 Å². The number of benzene rings is 1. The van der Waals surface area contributed by atoms with Crippen LogP contribution in [0.15, 0.2) is 18.2 Å². The Morgan fingerprint density at radius 3 is 2.65 bits per heavy atom. The Hall–Kier alpha value is -1.16. The first kappa shape index (κ1) is 12.3. The predicted molar refractivity (Wildman–Crippen MR) is 65.1 cm³/mol. The number of hydrogen-bond acceptors (Lipinski definition) is 2. The van der Waals surface area contributed by atoms with Crippen LogP contribution in [-0.4, -0.2) is 19.6 Å². The van der Waals surface area contributed by atoms with Gasteiger partial charge in [0, 0.05) is 12.2 Å². The second-order valence-corrected chi connectivity index (χ2v) is 4.54. The van der Waals surface area contributed by atoms with E-state index in [1.54, 1.807) is 6.07 Å². The van der Waals surface area contributed by atoms with Crippen LogP contribution in [0.4, 0.5) is 14.5 Å². The van der Waals surface area contributed by atoms with Gasteiger partial charge in [-0.25, -0.2) is 8.78 Å². The molecule has 2 N–H and O–H groups in total. The highest BCUT2D eigenvalue weighted by Crippen LogP contribution is 2.17. The molecule has 2 nitrogen and oxygen atoms in total. The molecule has 0 amide bonds. The minimum Gasteiger partial charge on any atom is -0.385 e. The Labute approximate surface area is 100 Å². The quantitative estimate of drug-likeness (QED) is 0.845. The van der Waals surface area contributed by atoms with E-state index >= 15 is 0 Å². The first-order valence-corrected chi connectivity index (χ1v) is 6.15. The smallest absolute Gasteiger partial charge is 0.160 e. The van der Waals surface area contributed by atoms with Crippen molar-refractivity contribution in [3.05, 3.63) is 29.8 Å². The number of rotatable bonds is 4. The summed E-state index contributed by atoms with van der Waals surface area (Å²) in [5.74, 6) is -0.847. The molecule has 0 aliphatic carbocycles. The van der Waals surface area contributed by atoms with Gasteiger partial charge < -0.3 is 10.6 Å². The molecule has 0 aromatic heterocycles. The average Bonchev–Trinajstić information content (AvgIpc) is 2.35. The third-order valence-electron chi connectivity index (χ3n) is 3.26. The van der Waals surface area contributed by atoms with Gasteiger partial charge in [0.1, 0.15) is 0 Å². The van der Waals surface area contributed by atoms with Crippen LogP contribution < -0.4 is 10.6 Å². The number of halogens is 2. The van der Waals surface area contributed by atoms with Crippen LogP contribution in [0.2, 0.25) is 0 Å². The second kappa shape index (κ2) is 5.96.